The lowest BCUT2D eigenvalue weighted by Gasteiger charge is -2.05. The molecular weight excluding hydrogens is 200 g/mol. The number of para-hydroxylation sites is 2. The molecule has 0 aliphatic heterocycles. The average Bonchev–Trinajstić information content (AvgIpc) is 2.55. The van der Waals surface area contributed by atoms with Gasteiger partial charge < -0.3 is 0 Å². The molecule has 0 aliphatic rings. The van der Waals surface area contributed by atoms with Crippen molar-refractivity contribution in [1.82, 2.24) is 9.13 Å². The van der Waals surface area contributed by atoms with Crippen LogP contribution >= 0.6 is 0 Å². The van der Waals surface area contributed by atoms with E-state index in [-0.39, 0.29) is 11.7 Å². The van der Waals surface area contributed by atoms with Crippen molar-refractivity contribution >= 4 is 11.0 Å². The first-order chi connectivity index (χ1) is 7.63. The first-order valence-electron chi connectivity index (χ1n) is 5.79. The summed E-state index contributed by atoms with van der Waals surface area (Å²) in [6, 6.07) is 8.06. The summed E-state index contributed by atoms with van der Waals surface area (Å²) in [7, 11) is 1.81. The highest BCUT2D eigenvalue weighted by Gasteiger charge is 2.11. The van der Waals surface area contributed by atoms with Crippen LogP contribution in [0.3, 0.4) is 0 Å². The van der Waals surface area contributed by atoms with Gasteiger partial charge in [0.2, 0.25) is 0 Å². The van der Waals surface area contributed by atoms with Gasteiger partial charge in [-0.1, -0.05) is 26.0 Å². The van der Waals surface area contributed by atoms with E-state index in [2.05, 4.69) is 0 Å². The number of nitrogens with zero attached hydrogens (tertiary/aromatic N) is 2. The molecule has 3 heteroatoms. The maximum Gasteiger partial charge on any atom is 0.329 e. The highest BCUT2D eigenvalue weighted by atomic mass is 16.1. The van der Waals surface area contributed by atoms with Crippen LogP contribution in [0.4, 0.5) is 0 Å². The lowest BCUT2D eigenvalue weighted by atomic mass is 10.3. The molecule has 3 nitrogen and oxygen atoms in total. The molecule has 88 valence electrons. The van der Waals surface area contributed by atoms with Crippen molar-refractivity contribution in [2.24, 2.45) is 7.05 Å². The van der Waals surface area contributed by atoms with Gasteiger partial charge in [0.25, 0.3) is 0 Å². The van der Waals surface area contributed by atoms with Gasteiger partial charge in [-0.2, -0.15) is 0 Å². The second-order valence-corrected chi connectivity index (χ2v) is 3.79. The van der Waals surface area contributed by atoms with E-state index in [4.69, 9.17) is 0 Å². The first kappa shape index (κ1) is 12.6. The number of hydrogen-bond acceptors (Lipinski definition) is 1. The minimum absolute atomic E-state index is 0.0567. The fourth-order valence-electron chi connectivity index (χ4n) is 1.82. The molecule has 1 heterocycles. The normalized spacial score (nSPS) is 10.4. The summed E-state index contributed by atoms with van der Waals surface area (Å²) >= 11 is 0. The van der Waals surface area contributed by atoms with E-state index in [9.17, 15) is 4.79 Å². The van der Waals surface area contributed by atoms with Crippen LogP contribution < -0.4 is 5.69 Å². The largest absolute Gasteiger partial charge is 0.329 e. The Morgan fingerprint density at radius 1 is 1.06 bits per heavy atom. The van der Waals surface area contributed by atoms with Crippen LogP contribution in [-0.2, 0) is 7.05 Å². The number of hydrogen-bond donors (Lipinski definition) is 0. The molecule has 0 aliphatic carbocycles. The maximum atomic E-state index is 11.9. The Morgan fingerprint density at radius 3 is 2.06 bits per heavy atom. The predicted molar refractivity (Wildman–Crippen MR) is 68.9 cm³/mol. The van der Waals surface area contributed by atoms with Crippen molar-refractivity contribution in [2.75, 3.05) is 0 Å². The molecule has 1 aromatic heterocycles. The molecule has 0 spiro atoms. The van der Waals surface area contributed by atoms with Gasteiger partial charge in [0.15, 0.2) is 0 Å². The fourth-order valence-corrected chi connectivity index (χ4v) is 1.82. The lowest BCUT2D eigenvalue weighted by Crippen LogP contribution is -2.23. The van der Waals surface area contributed by atoms with E-state index in [0.717, 1.165) is 11.0 Å². The molecule has 0 radical (unpaired) electrons. The van der Waals surface area contributed by atoms with Gasteiger partial charge >= 0.3 is 5.69 Å². The Bertz CT molecular complexity index is 520. The van der Waals surface area contributed by atoms with Crippen LogP contribution in [0.2, 0.25) is 0 Å². The van der Waals surface area contributed by atoms with Crippen molar-refractivity contribution in [3.63, 3.8) is 0 Å². The minimum Gasteiger partial charge on any atom is -0.295 e. The van der Waals surface area contributed by atoms with Crippen LogP contribution in [0.15, 0.2) is 29.1 Å². The third-order valence-electron chi connectivity index (χ3n) is 2.51. The first-order valence-corrected chi connectivity index (χ1v) is 5.79. The molecule has 0 unspecified atom stereocenters. The molecule has 1 aromatic carbocycles. The molecule has 2 aromatic rings. The molecule has 0 N–H and O–H groups in total. The number of fused-ring (bicyclic) bond motifs is 1. The van der Waals surface area contributed by atoms with Gasteiger partial charge in [0.05, 0.1) is 11.0 Å². The topological polar surface area (TPSA) is 26.9 Å². The zero-order chi connectivity index (χ0) is 12.3. The third-order valence-corrected chi connectivity index (χ3v) is 2.51. The van der Waals surface area contributed by atoms with Crippen molar-refractivity contribution < 1.29 is 0 Å². The lowest BCUT2D eigenvalue weighted by molar-refractivity contribution is 0.583. The van der Waals surface area contributed by atoms with Gasteiger partial charge in [0, 0.05) is 13.1 Å². The van der Waals surface area contributed by atoms with Crippen molar-refractivity contribution in [1.29, 1.82) is 0 Å². The molecule has 0 atom stereocenters. The summed E-state index contributed by atoms with van der Waals surface area (Å²) in [6.45, 7) is 8.04. The molecule has 2 rings (SSSR count). The number of rotatable bonds is 1. The summed E-state index contributed by atoms with van der Waals surface area (Å²) in [6.07, 6.45) is 0. The van der Waals surface area contributed by atoms with Crippen LogP contribution in [-0.4, -0.2) is 9.13 Å². The van der Waals surface area contributed by atoms with Gasteiger partial charge in [0.1, 0.15) is 0 Å². The second kappa shape index (κ2) is 5.01. The summed E-state index contributed by atoms with van der Waals surface area (Å²) < 4.78 is 3.50. The highest BCUT2D eigenvalue weighted by Crippen LogP contribution is 2.15. The molecule has 16 heavy (non-hydrogen) atoms. The quantitative estimate of drug-likeness (QED) is 0.726. The molecule has 0 bridgehead atoms. The van der Waals surface area contributed by atoms with Crippen molar-refractivity contribution in [2.45, 2.75) is 33.7 Å². The van der Waals surface area contributed by atoms with Crippen LogP contribution in [0.1, 0.15) is 33.7 Å². The number of imidazole rings is 1. The average molecular weight is 220 g/mol. The Hall–Kier alpha value is -1.51. The Labute approximate surface area is 96.3 Å². The third kappa shape index (κ3) is 1.90. The molecular formula is C13H20N2O. The fraction of sp³-hybridized carbons (Fsp3) is 0.462. The molecule has 0 fully saturated rings. The standard InChI is InChI=1S/C11H14N2O.C2H6/c1-8(2)13-10-7-5-4-6-9(10)12(3)11(13)14;1-2/h4-8H,1-3H3;1-2H3. The summed E-state index contributed by atoms with van der Waals surface area (Å²) in [5.41, 5.74) is 2.06. The van der Waals surface area contributed by atoms with Crippen LogP contribution in [0.5, 0.6) is 0 Å². The zero-order valence-electron chi connectivity index (χ0n) is 10.7. The van der Waals surface area contributed by atoms with E-state index in [1.807, 2.05) is 63.6 Å². The number of aryl methyl sites for hydroxylation is 1. The predicted octanol–water partition coefficient (Wildman–Crippen LogP) is 2.95. The Morgan fingerprint density at radius 2 is 1.56 bits per heavy atom. The monoisotopic (exact) mass is 220 g/mol. The second-order valence-electron chi connectivity index (χ2n) is 3.79. The van der Waals surface area contributed by atoms with E-state index >= 15 is 0 Å². The van der Waals surface area contributed by atoms with Gasteiger partial charge in [-0.3, -0.25) is 9.13 Å². The summed E-state index contributed by atoms with van der Waals surface area (Å²) in [4.78, 5) is 11.9. The highest BCUT2D eigenvalue weighted by molar-refractivity contribution is 5.75. The Kier molecular flexibility index (Phi) is 3.93. The van der Waals surface area contributed by atoms with Gasteiger partial charge in [-0.15, -0.1) is 0 Å². The van der Waals surface area contributed by atoms with Gasteiger partial charge in [-0.05, 0) is 26.0 Å². The maximum absolute atomic E-state index is 11.9. The van der Waals surface area contributed by atoms with Crippen LogP contribution in [0.25, 0.3) is 11.0 Å². The van der Waals surface area contributed by atoms with Crippen molar-refractivity contribution in [3.8, 4) is 0 Å². The van der Waals surface area contributed by atoms with E-state index in [1.54, 1.807) is 4.57 Å². The number of benzene rings is 1. The minimum atomic E-state index is 0.0567. The summed E-state index contributed by atoms with van der Waals surface area (Å²) in [5.74, 6) is 0. The molecule has 0 saturated carbocycles. The van der Waals surface area contributed by atoms with E-state index in [1.165, 1.54) is 0 Å². The smallest absolute Gasteiger partial charge is 0.295 e. The molecule has 0 saturated heterocycles. The van der Waals surface area contributed by atoms with Crippen molar-refractivity contribution in [3.05, 3.63) is 34.7 Å². The number of aromatic nitrogens is 2. The Balaban J connectivity index is 0.000000606. The van der Waals surface area contributed by atoms with Gasteiger partial charge in [-0.25, -0.2) is 4.79 Å². The van der Waals surface area contributed by atoms with E-state index < -0.39 is 0 Å². The zero-order valence-corrected chi connectivity index (χ0v) is 10.7. The SMILES string of the molecule is CC.CC(C)n1c(=O)n(C)c2ccccc21. The molecule has 0 amide bonds. The summed E-state index contributed by atoms with van der Waals surface area (Å²) in [5, 5.41) is 0. The van der Waals surface area contributed by atoms with E-state index in [0.29, 0.717) is 0 Å². The van der Waals surface area contributed by atoms with Crippen LogP contribution in [0, 0.1) is 0 Å².